The average molecular weight is 788 g/mol. The molecule has 298 valence electrons. The number of amides is 3. The van der Waals surface area contributed by atoms with Gasteiger partial charge in [-0.1, -0.05) is 50.2 Å². The van der Waals surface area contributed by atoms with Crippen molar-refractivity contribution in [2.24, 2.45) is 15.9 Å². The van der Waals surface area contributed by atoms with Crippen molar-refractivity contribution in [3.63, 3.8) is 0 Å². The Labute approximate surface area is 343 Å². The fourth-order valence-electron chi connectivity index (χ4n) is 8.36. The lowest BCUT2D eigenvalue weighted by Gasteiger charge is -2.22. The molecule has 0 bridgehead atoms. The summed E-state index contributed by atoms with van der Waals surface area (Å²) in [4.78, 5) is 54.0. The second kappa shape index (κ2) is 15.5. The number of nitrogens with one attached hydrogen (secondary N) is 1. The van der Waals surface area contributed by atoms with Crippen LogP contribution in [0.5, 0.6) is 17.2 Å². The number of para-hydroxylation sites is 2. The average Bonchev–Trinajstić information content (AvgIpc) is 3.73. The predicted octanol–water partition coefficient (Wildman–Crippen LogP) is 9.11. The van der Waals surface area contributed by atoms with E-state index in [-0.39, 0.29) is 43.0 Å². The van der Waals surface area contributed by atoms with Crippen molar-refractivity contribution in [3.05, 3.63) is 130 Å². The molecule has 2 atom stereocenters. The van der Waals surface area contributed by atoms with Gasteiger partial charge in [-0.25, -0.2) is 0 Å². The number of rotatable bonds is 11. The minimum absolute atomic E-state index is 0.0750. The monoisotopic (exact) mass is 787 g/mol. The molecule has 4 aliphatic heterocycles. The van der Waals surface area contributed by atoms with Crippen LogP contribution in [0.4, 0.5) is 28.4 Å². The molecule has 0 fully saturated rings. The molecule has 0 spiro atoms. The molecule has 59 heavy (non-hydrogen) atoms. The Kier molecular flexibility index (Phi) is 9.96. The van der Waals surface area contributed by atoms with Crippen molar-refractivity contribution >= 4 is 58.6 Å². The number of methoxy groups -OCH3 is 1. The topological polar surface area (TPSA) is 122 Å². The van der Waals surface area contributed by atoms with E-state index in [1.165, 1.54) is 0 Å². The van der Waals surface area contributed by atoms with Gasteiger partial charge in [0.25, 0.3) is 11.8 Å². The van der Waals surface area contributed by atoms with Crippen LogP contribution in [0.1, 0.15) is 75.2 Å². The van der Waals surface area contributed by atoms with Crippen LogP contribution < -0.4 is 29.3 Å². The van der Waals surface area contributed by atoms with Crippen LogP contribution in [-0.4, -0.2) is 49.3 Å². The van der Waals surface area contributed by atoms with Crippen molar-refractivity contribution in [2.75, 3.05) is 22.2 Å². The molecule has 1 N–H and O–H groups in total. The first-order valence-electron chi connectivity index (χ1n) is 20.1. The summed E-state index contributed by atoms with van der Waals surface area (Å²) >= 11 is 0. The van der Waals surface area contributed by atoms with Crippen LogP contribution in [0, 0.1) is 12.8 Å². The molecule has 4 heterocycles. The predicted molar refractivity (Wildman–Crippen MR) is 230 cm³/mol. The van der Waals surface area contributed by atoms with Gasteiger partial charge in [-0.05, 0) is 89.5 Å². The lowest BCUT2D eigenvalue weighted by Crippen LogP contribution is -2.37. The number of carbonyl (C=O) groups is 3. The van der Waals surface area contributed by atoms with Crippen molar-refractivity contribution in [1.82, 2.24) is 0 Å². The van der Waals surface area contributed by atoms with Crippen molar-refractivity contribution in [3.8, 4) is 17.2 Å². The highest BCUT2D eigenvalue weighted by atomic mass is 16.5. The Morgan fingerprint density at radius 1 is 0.729 bits per heavy atom. The molecule has 3 amide bonds. The second-order valence-electron chi connectivity index (χ2n) is 16.0. The van der Waals surface area contributed by atoms with Crippen LogP contribution in [0.3, 0.4) is 0 Å². The van der Waals surface area contributed by atoms with E-state index in [9.17, 15) is 14.4 Å². The van der Waals surface area contributed by atoms with Gasteiger partial charge in [0.2, 0.25) is 5.91 Å². The van der Waals surface area contributed by atoms with E-state index in [1.54, 1.807) is 24.1 Å². The van der Waals surface area contributed by atoms with Crippen molar-refractivity contribution in [2.45, 2.75) is 71.8 Å². The highest BCUT2D eigenvalue weighted by Gasteiger charge is 2.38. The standard InChI is InChI=1S/C48H45N5O6/c1-28(2)13-14-46(54)51-34-17-30(26-58-43-22-39-37(15-29(43)3)47(55)52-35(24-49-39)19-32-9-5-7-11-41(32)52)16-31(18-34)27-59-45-23-40-38(21-44(45)57-4)48(56)53-36(25-50-40)20-33-10-6-8-12-42(33)53/h5-12,15-18,21-25,28,35-36H,13-14,19-20,26-27H2,1-4H3,(H,51,54)/t35-,36-/m0/s1. The van der Waals surface area contributed by atoms with Gasteiger partial charge in [-0.3, -0.25) is 34.2 Å². The maximum atomic E-state index is 13.9. The number of hydrogen-bond donors (Lipinski definition) is 1. The van der Waals surface area contributed by atoms with Gasteiger partial charge >= 0.3 is 0 Å². The molecule has 0 unspecified atom stereocenters. The molecule has 4 aliphatic rings. The summed E-state index contributed by atoms with van der Waals surface area (Å²) in [6, 6.07) is 28.5. The number of benzene rings is 5. The molecular formula is C48H45N5O6. The Hall–Kier alpha value is -6.75. The van der Waals surface area contributed by atoms with Gasteiger partial charge in [0, 0.05) is 60.9 Å². The summed E-state index contributed by atoms with van der Waals surface area (Å²) in [5.74, 6) is 1.54. The normalized spacial score (nSPS) is 17.0. The molecule has 11 nitrogen and oxygen atoms in total. The maximum Gasteiger partial charge on any atom is 0.261 e. The largest absolute Gasteiger partial charge is 0.493 e. The van der Waals surface area contributed by atoms with E-state index in [2.05, 4.69) is 25.2 Å². The Morgan fingerprint density at radius 3 is 1.85 bits per heavy atom. The summed E-state index contributed by atoms with van der Waals surface area (Å²) in [7, 11) is 1.55. The first-order chi connectivity index (χ1) is 28.6. The number of nitrogens with zero attached hydrogens (tertiary/aromatic N) is 4. The first-order valence-corrected chi connectivity index (χ1v) is 20.1. The fourth-order valence-corrected chi connectivity index (χ4v) is 8.36. The van der Waals surface area contributed by atoms with E-state index in [0.29, 0.717) is 64.2 Å². The third kappa shape index (κ3) is 7.33. The number of carbonyl (C=O) groups excluding carboxylic acids is 3. The van der Waals surface area contributed by atoms with Gasteiger partial charge in [-0.15, -0.1) is 0 Å². The van der Waals surface area contributed by atoms with Crippen LogP contribution in [-0.2, 0) is 30.8 Å². The zero-order chi connectivity index (χ0) is 40.8. The van der Waals surface area contributed by atoms with E-state index in [0.717, 1.165) is 52.0 Å². The van der Waals surface area contributed by atoms with Crippen LogP contribution >= 0.6 is 0 Å². The van der Waals surface area contributed by atoms with Crippen LogP contribution in [0.2, 0.25) is 0 Å². The Bertz CT molecular complexity index is 2580. The fraction of sp³-hybridized carbons (Fsp3) is 0.271. The summed E-state index contributed by atoms with van der Waals surface area (Å²) < 4.78 is 18.6. The summed E-state index contributed by atoms with van der Waals surface area (Å²) in [5, 5.41) is 3.07. The highest BCUT2D eigenvalue weighted by Crippen LogP contribution is 2.42. The molecule has 0 aliphatic carbocycles. The molecule has 11 heteroatoms. The zero-order valence-electron chi connectivity index (χ0n) is 33.5. The van der Waals surface area contributed by atoms with Gasteiger partial charge < -0.3 is 19.5 Å². The second-order valence-corrected chi connectivity index (χ2v) is 16.0. The minimum Gasteiger partial charge on any atom is -0.493 e. The number of anilines is 3. The maximum absolute atomic E-state index is 13.9. The van der Waals surface area contributed by atoms with E-state index < -0.39 is 0 Å². The quantitative estimate of drug-likeness (QED) is 0.143. The third-order valence-corrected chi connectivity index (χ3v) is 11.3. The first kappa shape index (κ1) is 37.8. The SMILES string of the molecule is COc1cc2c(cc1OCc1cc(COc3cc4c(cc3C)C(=O)N3c5ccccc5C[C@H]3C=N4)cc(NC(=O)CCC(C)C)c1)N=C[C@@H]1Cc3ccccc3N1C2=O. The number of fused-ring (bicyclic) bond motifs is 8. The molecular weight excluding hydrogens is 743 g/mol. The smallest absolute Gasteiger partial charge is 0.261 e. The Morgan fingerprint density at radius 2 is 1.27 bits per heavy atom. The molecule has 0 saturated carbocycles. The summed E-state index contributed by atoms with van der Waals surface area (Å²) in [6.45, 7) is 6.42. The van der Waals surface area contributed by atoms with E-state index in [1.807, 2.05) is 97.0 Å². The van der Waals surface area contributed by atoms with Gasteiger partial charge in [0.15, 0.2) is 11.5 Å². The molecule has 0 saturated heterocycles. The van der Waals surface area contributed by atoms with E-state index >= 15 is 0 Å². The van der Waals surface area contributed by atoms with Gasteiger partial charge in [-0.2, -0.15) is 0 Å². The molecule has 5 aromatic carbocycles. The number of ether oxygens (including phenoxy) is 3. The Balaban J connectivity index is 0.960. The zero-order valence-corrected chi connectivity index (χ0v) is 33.5. The molecule has 0 radical (unpaired) electrons. The van der Waals surface area contributed by atoms with Gasteiger partial charge in [0.05, 0.1) is 41.7 Å². The highest BCUT2D eigenvalue weighted by molar-refractivity contribution is 6.15. The van der Waals surface area contributed by atoms with Crippen molar-refractivity contribution in [1.29, 1.82) is 0 Å². The summed E-state index contributed by atoms with van der Waals surface area (Å²) in [5.41, 5.74) is 9.12. The van der Waals surface area contributed by atoms with Crippen LogP contribution in [0.15, 0.2) is 101 Å². The van der Waals surface area contributed by atoms with Crippen molar-refractivity contribution < 1.29 is 28.6 Å². The van der Waals surface area contributed by atoms with Crippen LogP contribution in [0.25, 0.3) is 0 Å². The van der Waals surface area contributed by atoms with E-state index in [4.69, 9.17) is 24.2 Å². The minimum atomic E-state index is -0.178. The number of aliphatic imine (C=N–C) groups is 2. The van der Waals surface area contributed by atoms with Gasteiger partial charge in [0.1, 0.15) is 19.0 Å². The lowest BCUT2D eigenvalue weighted by molar-refractivity contribution is -0.116. The number of aryl methyl sites for hydroxylation is 1. The summed E-state index contributed by atoms with van der Waals surface area (Å²) in [6.07, 6.45) is 6.27. The third-order valence-electron chi connectivity index (χ3n) is 11.3. The molecule has 5 aromatic rings. The molecule has 0 aromatic heterocycles. The number of hydrogen-bond acceptors (Lipinski definition) is 8. The lowest BCUT2D eigenvalue weighted by atomic mass is 10.1. The molecule has 9 rings (SSSR count).